The van der Waals surface area contributed by atoms with E-state index in [1.807, 2.05) is 17.9 Å². The first-order valence-corrected chi connectivity index (χ1v) is 12.7. The molecular weight excluding hydrogens is 438 g/mol. The van der Waals surface area contributed by atoms with Crippen LogP contribution in [0.15, 0.2) is 42.6 Å². The number of rotatable bonds is 5. The van der Waals surface area contributed by atoms with Crippen LogP contribution >= 0.6 is 0 Å². The van der Waals surface area contributed by atoms with Crippen LogP contribution in [0.2, 0.25) is 0 Å². The van der Waals surface area contributed by atoms with E-state index in [2.05, 4.69) is 54.1 Å². The Kier molecular flexibility index (Phi) is 7.06. The molecule has 2 heterocycles. The summed E-state index contributed by atoms with van der Waals surface area (Å²) in [4.78, 5) is 34.7. The first-order chi connectivity index (χ1) is 16.6. The van der Waals surface area contributed by atoms with Crippen molar-refractivity contribution in [2.45, 2.75) is 58.8 Å². The highest BCUT2D eigenvalue weighted by Crippen LogP contribution is 2.47. The number of carbonyl (C=O) groups is 2. The van der Waals surface area contributed by atoms with Gasteiger partial charge in [0.1, 0.15) is 5.82 Å². The molecule has 35 heavy (non-hydrogen) atoms. The van der Waals surface area contributed by atoms with Crippen molar-refractivity contribution in [2.75, 3.05) is 42.5 Å². The summed E-state index contributed by atoms with van der Waals surface area (Å²) in [6.07, 6.45) is 6.03. The molecule has 7 heteroatoms. The van der Waals surface area contributed by atoms with Gasteiger partial charge >= 0.3 is 6.03 Å². The molecule has 188 valence electrons. The number of amides is 3. The zero-order valence-electron chi connectivity index (χ0n) is 21.6. The van der Waals surface area contributed by atoms with Crippen molar-refractivity contribution in [3.05, 3.63) is 53.7 Å². The molecule has 1 aromatic carbocycles. The van der Waals surface area contributed by atoms with Crippen molar-refractivity contribution in [1.82, 2.24) is 9.88 Å². The van der Waals surface area contributed by atoms with Crippen LogP contribution in [0.3, 0.4) is 0 Å². The van der Waals surface area contributed by atoms with Crippen molar-refractivity contribution in [3.8, 4) is 0 Å². The van der Waals surface area contributed by atoms with Crippen molar-refractivity contribution >= 4 is 23.4 Å². The van der Waals surface area contributed by atoms with E-state index in [0.29, 0.717) is 19.6 Å². The van der Waals surface area contributed by atoms with Crippen molar-refractivity contribution < 1.29 is 9.59 Å². The molecule has 1 aromatic heterocycles. The molecule has 0 radical (unpaired) electrons. The monoisotopic (exact) mass is 477 g/mol. The molecule has 2 aromatic rings. The largest absolute Gasteiger partial charge is 0.353 e. The molecule has 0 unspecified atom stereocenters. The van der Waals surface area contributed by atoms with E-state index in [1.54, 1.807) is 18.0 Å². The van der Waals surface area contributed by atoms with Gasteiger partial charge in [0.15, 0.2) is 0 Å². The van der Waals surface area contributed by atoms with Crippen LogP contribution in [0.1, 0.15) is 57.6 Å². The molecule has 1 aliphatic carbocycles. The molecule has 0 bridgehead atoms. The van der Waals surface area contributed by atoms with Crippen molar-refractivity contribution in [1.29, 1.82) is 0 Å². The zero-order chi connectivity index (χ0) is 25.2. The molecular formula is C28H39N5O2. The lowest BCUT2D eigenvalue weighted by Gasteiger charge is -2.45. The molecule has 2 fully saturated rings. The maximum atomic E-state index is 12.6. The van der Waals surface area contributed by atoms with Gasteiger partial charge in [-0.15, -0.1) is 0 Å². The minimum atomic E-state index is -0.435. The highest BCUT2D eigenvalue weighted by atomic mass is 16.2. The van der Waals surface area contributed by atoms with E-state index in [0.717, 1.165) is 55.8 Å². The number of urea groups is 1. The van der Waals surface area contributed by atoms with E-state index in [4.69, 9.17) is 5.73 Å². The Morgan fingerprint density at radius 1 is 1.03 bits per heavy atom. The quantitative estimate of drug-likeness (QED) is 0.688. The number of hydrogen-bond acceptors (Lipinski definition) is 4. The van der Waals surface area contributed by atoms with Crippen LogP contribution in [-0.2, 0) is 10.2 Å². The number of anilines is 2. The second-order valence-electron chi connectivity index (χ2n) is 11.0. The number of hydrogen-bond donors (Lipinski definition) is 1. The molecule has 1 aliphatic heterocycles. The maximum absolute atomic E-state index is 12.6. The Bertz CT molecular complexity index is 1050. The fraction of sp³-hybridized carbons (Fsp3) is 0.536. The third kappa shape index (κ3) is 5.44. The fourth-order valence-electron chi connectivity index (χ4n) is 5.60. The number of benzene rings is 1. The highest BCUT2D eigenvalue weighted by Gasteiger charge is 2.40. The summed E-state index contributed by atoms with van der Waals surface area (Å²) in [5.41, 5.74) is 9.22. The molecule has 2 N–H and O–H groups in total. The van der Waals surface area contributed by atoms with Crippen LogP contribution in [0.25, 0.3) is 0 Å². The molecule has 4 rings (SSSR count). The number of nitrogens with two attached hydrogens (primary N) is 1. The van der Waals surface area contributed by atoms with Gasteiger partial charge in [0.05, 0.1) is 11.9 Å². The number of aromatic nitrogens is 1. The van der Waals surface area contributed by atoms with Gasteiger partial charge in [0.2, 0.25) is 5.91 Å². The van der Waals surface area contributed by atoms with Crippen LogP contribution in [0, 0.1) is 12.3 Å². The van der Waals surface area contributed by atoms with Crippen LogP contribution < -0.4 is 15.5 Å². The van der Waals surface area contributed by atoms with Gasteiger partial charge in [-0.1, -0.05) is 44.2 Å². The maximum Gasteiger partial charge on any atom is 0.319 e. The standard InChI is InChI=1S/C28H39N5O2/c1-21-18-25(32-16-14-31(15-17-32)22(2)34)30-19-24(21)33(26(29)35)20-27(3)10-12-28(4,13-11-27)23-8-6-5-7-9-23/h5-9,18-19H,10-17,20H2,1-4H3,(H2,29,35)/t27-,28+. The zero-order valence-corrected chi connectivity index (χ0v) is 21.6. The first kappa shape index (κ1) is 25.0. The molecule has 2 aliphatic rings. The first-order valence-electron chi connectivity index (χ1n) is 12.7. The Hall–Kier alpha value is -3.09. The van der Waals surface area contributed by atoms with Crippen molar-refractivity contribution in [3.63, 3.8) is 0 Å². The average Bonchev–Trinajstić information content (AvgIpc) is 2.85. The Morgan fingerprint density at radius 3 is 2.20 bits per heavy atom. The molecule has 1 saturated carbocycles. The smallest absolute Gasteiger partial charge is 0.319 e. The summed E-state index contributed by atoms with van der Waals surface area (Å²) in [6.45, 7) is 11.8. The lowest BCUT2D eigenvalue weighted by Crippen LogP contribution is -2.48. The summed E-state index contributed by atoms with van der Waals surface area (Å²) >= 11 is 0. The lowest BCUT2D eigenvalue weighted by atomic mass is 9.62. The fourth-order valence-corrected chi connectivity index (χ4v) is 5.60. The predicted octanol–water partition coefficient (Wildman–Crippen LogP) is 4.48. The second kappa shape index (κ2) is 9.88. The molecule has 0 spiro atoms. The van der Waals surface area contributed by atoms with Gasteiger partial charge in [-0.2, -0.15) is 0 Å². The molecule has 7 nitrogen and oxygen atoms in total. The molecule has 3 amide bonds. The van der Waals surface area contributed by atoms with E-state index >= 15 is 0 Å². The summed E-state index contributed by atoms with van der Waals surface area (Å²) in [5.74, 6) is 0.989. The summed E-state index contributed by atoms with van der Waals surface area (Å²) in [6, 6.07) is 12.4. The Balaban J connectivity index is 1.45. The van der Waals surface area contributed by atoms with Gasteiger partial charge in [0.25, 0.3) is 0 Å². The summed E-state index contributed by atoms with van der Waals surface area (Å²) in [7, 11) is 0. The minimum absolute atomic E-state index is 0.00253. The van der Waals surface area contributed by atoms with Gasteiger partial charge in [-0.05, 0) is 60.6 Å². The Morgan fingerprint density at radius 2 is 1.66 bits per heavy atom. The van der Waals surface area contributed by atoms with E-state index in [9.17, 15) is 9.59 Å². The predicted molar refractivity (Wildman–Crippen MR) is 141 cm³/mol. The van der Waals surface area contributed by atoms with E-state index < -0.39 is 6.03 Å². The van der Waals surface area contributed by atoms with Gasteiger partial charge < -0.3 is 15.5 Å². The van der Waals surface area contributed by atoms with Crippen LogP contribution in [0.4, 0.5) is 16.3 Å². The normalized spacial score (nSPS) is 24.8. The van der Waals surface area contributed by atoms with E-state index in [-0.39, 0.29) is 16.7 Å². The third-order valence-electron chi connectivity index (χ3n) is 8.25. The topological polar surface area (TPSA) is 82.8 Å². The number of nitrogens with zero attached hydrogens (tertiary/aromatic N) is 4. The van der Waals surface area contributed by atoms with Crippen LogP contribution in [-0.4, -0.2) is 54.5 Å². The summed E-state index contributed by atoms with van der Waals surface area (Å²) < 4.78 is 0. The number of primary amides is 1. The number of aryl methyl sites for hydroxylation is 1. The molecule has 1 saturated heterocycles. The lowest BCUT2D eigenvalue weighted by molar-refractivity contribution is -0.129. The minimum Gasteiger partial charge on any atom is -0.353 e. The highest BCUT2D eigenvalue weighted by molar-refractivity contribution is 5.91. The van der Waals surface area contributed by atoms with Gasteiger partial charge in [-0.3, -0.25) is 9.69 Å². The van der Waals surface area contributed by atoms with Gasteiger partial charge in [-0.25, -0.2) is 9.78 Å². The van der Waals surface area contributed by atoms with Crippen LogP contribution in [0.5, 0.6) is 0 Å². The second-order valence-corrected chi connectivity index (χ2v) is 11.0. The number of piperazine rings is 1. The third-order valence-corrected chi connectivity index (χ3v) is 8.25. The average molecular weight is 478 g/mol. The van der Waals surface area contributed by atoms with E-state index in [1.165, 1.54) is 5.56 Å². The van der Waals surface area contributed by atoms with Crippen molar-refractivity contribution in [2.24, 2.45) is 11.1 Å². The summed E-state index contributed by atoms with van der Waals surface area (Å²) in [5, 5.41) is 0. The SMILES string of the molecule is CC(=O)N1CCN(c2cc(C)c(N(C[C@]3(C)CC[C@](C)(c4ccccc4)CC3)C(N)=O)cn2)CC1. The Labute approximate surface area is 209 Å². The number of carbonyl (C=O) groups excluding carboxylic acids is 2. The van der Waals surface area contributed by atoms with Gasteiger partial charge in [0, 0.05) is 39.6 Å². The number of pyridine rings is 1. The molecule has 0 atom stereocenters.